The number of hydrogen-bond acceptors (Lipinski definition) is 4. The zero-order chi connectivity index (χ0) is 10.7. The van der Waals surface area contributed by atoms with Gasteiger partial charge in [-0.1, -0.05) is 6.07 Å². The second-order valence-electron chi connectivity index (χ2n) is 3.49. The zero-order valence-electron chi connectivity index (χ0n) is 8.53. The Morgan fingerprint density at radius 3 is 2.87 bits per heavy atom. The Bertz CT molecular complexity index is 352. The molecule has 82 valence electrons. The lowest BCUT2D eigenvalue weighted by atomic mass is 10.1. The molecule has 1 aromatic rings. The van der Waals surface area contributed by atoms with Gasteiger partial charge >= 0.3 is 0 Å². The van der Waals surface area contributed by atoms with E-state index in [1.165, 1.54) is 0 Å². The van der Waals surface area contributed by atoms with Crippen LogP contribution in [0.5, 0.6) is 17.2 Å². The van der Waals surface area contributed by atoms with Gasteiger partial charge in [-0.3, -0.25) is 0 Å². The molecular formula is C11H15NO3. The van der Waals surface area contributed by atoms with Crippen LogP contribution in [0.3, 0.4) is 0 Å². The lowest BCUT2D eigenvalue weighted by Crippen LogP contribution is -2.03. The Kier molecular flexibility index (Phi) is 2.97. The van der Waals surface area contributed by atoms with Crippen molar-refractivity contribution in [2.24, 2.45) is 5.73 Å². The fraction of sp³-hybridized carbons (Fsp3) is 0.455. The molecule has 3 N–H and O–H groups in total. The SMILES string of the molecule is NCCc1ccc2c(c1O)OCCCO2. The van der Waals surface area contributed by atoms with Crippen molar-refractivity contribution in [2.45, 2.75) is 12.8 Å². The van der Waals surface area contributed by atoms with Crippen molar-refractivity contribution in [1.82, 2.24) is 0 Å². The molecule has 1 aliphatic heterocycles. The summed E-state index contributed by atoms with van der Waals surface area (Å²) in [6.45, 7) is 1.71. The van der Waals surface area contributed by atoms with E-state index in [4.69, 9.17) is 15.2 Å². The molecule has 0 fully saturated rings. The first-order chi connectivity index (χ1) is 7.33. The normalized spacial score (nSPS) is 14.7. The lowest BCUT2D eigenvalue weighted by molar-refractivity contribution is 0.291. The van der Waals surface area contributed by atoms with Gasteiger partial charge in [-0.15, -0.1) is 0 Å². The van der Waals surface area contributed by atoms with Gasteiger partial charge in [-0.05, 0) is 24.6 Å². The molecule has 4 nitrogen and oxygen atoms in total. The first-order valence-corrected chi connectivity index (χ1v) is 5.13. The second-order valence-corrected chi connectivity index (χ2v) is 3.49. The number of hydrogen-bond donors (Lipinski definition) is 2. The van der Waals surface area contributed by atoms with Crippen molar-refractivity contribution in [3.63, 3.8) is 0 Å². The van der Waals surface area contributed by atoms with Crippen molar-refractivity contribution in [3.8, 4) is 17.2 Å². The minimum atomic E-state index is 0.167. The molecule has 0 radical (unpaired) electrons. The van der Waals surface area contributed by atoms with Gasteiger partial charge in [-0.25, -0.2) is 0 Å². The first-order valence-electron chi connectivity index (χ1n) is 5.13. The van der Waals surface area contributed by atoms with E-state index in [1.54, 1.807) is 0 Å². The van der Waals surface area contributed by atoms with Crippen LogP contribution in [0.4, 0.5) is 0 Å². The third-order valence-corrected chi connectivity index (χ3v) is 2.39. The van der Waals surface area contributed by atoms with E-state index >= 15 is 0 Å². The minimum absolute atomic E-state index is 0.167. The predicted molar refractivity (Wildman–Crippen MR) is 56.5 cm³/mol. The molecule has 0 amide bonds. The maximum Gasteiger partial charge on any atom is 0.203 e. The molecule has 0 aromatic heterocycles. The quantitative estimate of drug-likeness (QED) is 0.764. The number of phenols is 1. The summed E-state index contributed by atoms with van der Waals surface area (Å²) < 4.78 is 10.9. The van der Waals surface area contributed by atoms with Crippen molar-refractivity contribution < 1.29 is 14.6 Å². The molecular weight excluding hydrogens is 194 g/mol. The fourth-order valence-corrected chi connectivity index (χ4v) is 1.62. The molecule has 0 unspecified atom stereocenters. The van der Waals surface area contributed by atoms with Gasteiger partial charge in [0, 0.05) is 6.42 Å². The number of fused-ring (bicyclic) bond motifs is 1. The molecule has 0 saturated heterocycles. The molecule has 2 rings (SSSR count). The van der Waals surface area contributed by atoms with E-state index in [9.17, 15) is 5.11 Å². The summed E-state index contributed by atoms with van der Waals surface area (Å²) in [5.41, 5.74) is 6.26. The molecule has 1 aliphatic rings. The van der Waals surface area contributed by atoms with Gasteiger partial charge in [0.15, 0.2) is 11.5 Å². The van der Waals surface area contributed by atoms with E-state index in [0.717, 1.165) is 12.0 Å². The van der Waals surface area contributed by atoms with Crippen molar-refractivity contribution in [3.05, 3.63) is 17.7 Å². The lowest BCUT2D eigenvalue weighted by Gasteiger charge is -2.11. The highest BCUT2D eigenvalue weighted by atomic mass is 16.5. The largest absolute Gasteiger partial charge is 0.504 e. The molecule has 0 spiro atoms. The minimum Gasteiger partial charge on any atom is -0.504 e. The molecule has 0 saturated carbocycles. The van der Waals surface area contributed by atoms with Gasteiger partial charge in [-0.2, -0.15) is 0 Å². The highest BCUT2D eigenvalue weighted by Crippen LogP contribution is 2.40. The average Bonchev–Trinajstić information content (AvgIpc) is 2.48. The van der Waals surface area contributed by atoms with Crippen LogP contribution in [-0.4, -0.2) is 24.9 Å². The molecule has 0 aliphatic carbocycles. The van der Waals surface area contributed by atoms with Crippen LogP contribution >= 0.6 is 0 Å². The average molecular weight is 209 g/mol. The van der Waals surface area contributed by atoms with E-state index in [2.05, 4.69) is 0 Å². The maximum atomic E-state index is 9.93. The van der Waals surface area contributed by atoms with Crippen LogP contribution in [0.25, 0.3) is 0 Å². The van der Waals surface area contributed by atoms with Crippen LogP contribution in [-0.2, 0) is 6.42 Å². The maximum absolute atomic E-state index is 9.93. The number of benzene rings is 1. The predicted octanol–water partition coefficient (Wildman–Crippen LogP) is 1.05. The van der Waals surface area contributed by atoms with Gasteiger partial charge < -0.3 is 20.3 Å². The van der Waals surface area contributed by atoms with Gasteiger partial charge in [0.1, 0.15) is 0 Å². The Labute approximate surface area is 88.6 Å². The zero-order valence-corrected chi connectivity index (χ0v) is 8.53. The third-order valence-electron chi connectivity index (χ3n) is 2.39. The molecule has 1 aromatic carbocycles. The number of rotatable bonds is 2. The van der Waals surface area contributed by atoms with Gasteiger partial charge in [0.25, 0.3) is 0 Å². The van der Waals surface area contributed by atoms with Crippen molar-refractivity contribution in [2.75, 3.05) is 19.8 Å². The molecule has 4 heteroatoms. The standard InChI is InChI=1S/C11H15NO3/c12-5-4-8-2-3-9-11(10(8)13)15-7-1-6-14-9/h2-3,13H,1,4-7,12H2. The Balaban J connectivity index is 2.36. The van der Waals surface area contributed by atoms with E-state index in [0.29, 0.717) is 37.7 Å². The first kappa shape index (κ1) is 10.1. The fourth-order valence-electron chi connectivity index (χ4n) is 1.62. The monoisotopic (exact) mass is 209 g/mol. The van der Waals surface area contributed by atoms with Gasteiger partial charge in [0.2, 0.25) is 5.75 Å². The number of phenolic OH excluding ortho intramolecular Hbond substituents is 1. The van der Waals surface area contributed by atoms with Crippen LogP contribution in [0.2, 0.25) is 0 Å². The molecule has 1 heterocycles. The number of ether oxygens (including phenoxy) is 2. The highest BCUT2D eigenvalue weighted by Gasteiger charge is 2.17. The second kappa shape index (κ2) is 4.40. The summed E-state index contributed by atoms with van der Waals surface area (Å²) >= 11 is 0. The van der Waals surface area contributed by atoms with E-state index < -0.39 is 0 Å². The molecule has 0 bridgehead atoms. The Hall–Kier alpha value is -1.42. The summed E-state index contributed by atoms with van der Waals surface area (Å²) in [4.78, 5) is 0. The Morgan fingerprint density at radius 2 is 2.07 bits per heavy atom. The summed E-state index contributed by atoms with van der Waals surface area (Å²) in [6.07, 6.45) is 1.48. The molecule has 0 atom stereocenters. The van der Waals surface area contributed by atoms with Crippen molar-refractivity contribution >= 4 is 0 Å². The molecule has 15 heavy (non-hydrogen) atoms. The van der Waals surface area contributed by atoms with Gasteiger partial charge in [0.05, 0.1) is 13.2 Å². The number of aromatic hydroxyl groups is 1. The summed E-state index contributed by atoms with van der Waals surface area (Å²) in [5.74, 6) is 1.24. The number of nitrogens with two attached hydrogens (primary N) is 1. The van der Waals surface area contributed by atoms with Crippen LogP contribution in [0, 0.1) is 0 Å². The van der Waals surface area contributed by atoms with E-state index in [1.807, 2.05) is 12.1 Å². The van der Waals surface area contributed by atoms with Crippen LogP contribution < -0.4 is 15.2 Å². The summed E-state index contributed by atoms with van der Waals surface area (Å²) in [5, 5.41) is 9.93. The summed E-state index contributed by atoms with van der Waals surface area (Å²) in [7, 11) is 0. The Morgan fingerprint density at radius 1 is 1.27 bits per heavy atom. The third kappa shape index (κ3) is 1.99. The van der Waals surface area contributed by atoms with E-state index in [-0.39, 0.29) is 5.75 Å². The summed E-state index contributed by atoms with van der Waals surface area (Å²) in [6, 6.07) is 3.65. The van der Waals surface area contributed by atoms with Crippen LogP contribution in [0.1, 0.15) is 12.0 Å². The smallest absolute Gasteiger partial charge is 0.203 e. The van der Waals surface area contributed by atoms with Crippen LogP contribution in [0.15, 0.2) is 12.1 Å². The highest BCUT2D eigenvalue weighted by molar-refractivity contribution is 5.55. The van der Waals surface area contributed by atoms with Crippen molar-refractivity contribution in [1.29, 1.82) is 0 Å². The topological polar surface area (TPSA) is 64.7 Å².